The van der Waals surface area contributed by atoms with Gasteiger partial charge in [0.25, 0.3) is 11.8 Å². The number of halogens is 1. The van der Waals surface area contributed by atoms with Gasteiger partial charge in [-0.2, -0.15) is 5.10 Å². The lowest BCUT2D eigenvalue weighted by Gasteiger charge is -2.08. The van der Waals surface area contributed by atoms with E-state index in [9.17, 15) is 9.59 Å². The summed E-state index contributed by atoms with van der Waals surface area (Å²) < 4.78 is 12.1. The third-order valence-electron chi connectivity index (χ3n) is 4.30. The fourth-order valence-electron chi connectivity index (χ4n) is 2.69. The molecule has 0 radical (unpaired) electrons. The Bertz CT molecular complexity index is 1110. The van der Waals surface area contributed by atoms with Gasteiger partial charge in [0.1, 0.15) is 17.3 Å². The maximum atomic E-state index is 11.9. The highest BCUT2D eigenvalue weighted by atomic mass is 79.9. The summed E-state index contributed by atoms with van der Waals surface area (Å²) in [7, 11) is 0. The number of nitrogens with zero attached hydrogens (tertiary/aromatic N) is 1. The van der Waals surface area contributed by atoms with Crippen molar-refractivity contribution in [2.45, 2.75) is 13.8 Å². The van der Waals surface area contributed by atoms with Gasteiger partial charge in [-0.1, -0.05) is 40.2 Å². The van der Waals surface area contributed by atoms with Crippen LogP contribution < -0.4 is 15.5 Å². The average molecular weight is 484 g/mol. The van der Waals surface area contributed by atoms with Crippen molar-refractivity contribution in [2.24, 2.45) is 5.10 Å². The summed E-state index contributed by atoms with van der Waals surface area (Å²) in [5.74, 6) is 0.927. The maximum absolute atomic E-state index is 11.9. The summed E-state index contributed by atoms with van der Waals surface area (Å²) in [5, 5.41) is 6.33. The molecule has 8 heteroatoms. The molecule has 7 nitrogen and oxygen atoms in total. The van der Waals surface area contributed by atoms with Crippen molar-refractivity contribution in [3.05, 3.63) is 76.0 Å². The van der Waals surface area contributed by atoms with E-state index in [1.807, 2.05) is 56.3 Å². The third-order valence-corrected chi connectivity index (χ3v) is 4.95. The zero-order chi connectivity index (χ0) is 22.2. The monoisotopic (exact) mass is 483 g/mol. The first-order valence-electron chi connectivity index (χ1n) is 9.56. The van der Waals surface area contributed by atoms with Gasteiger partial charge in [0.2, 0.25) is 0 Å². The molecule has 1 aromatic heterocycles. The predicted molar refractivity (Wildman–Crippen MR) is 122 cm³/mol. The number of carbonyl (C=O) groups is 2. The van der Waals surface area contributed by atoms with E-state index in [-0.39, 0.29) is 13.2 Å². The number of furan rings is 1. The van der Waals surface area contributed by atoms with Crippen molar-refractivity contribution in [1.82, 2.24) is 10.7 Å². The third kappa shape index (κ3) is 6.55. The first-order chi connectivity index (χ1) is 14.9. The molecule has 1 heterocycles. The van der Waals surface area contributed by atoms with Crippen LogP contribution in [-0.4, -0.2) is 31.2 Å². The molecule has 31 heavy (non-hydrogen) atoms. The molecule has 0 fully saturated rings. The summed E-state index contributed by atoms with van der Waals surface area (Å²) in [6.07, 6.45) is 1.40. The SMILES string of the molecule is Cc1ccc(-c2ccc(/C=N\NC(=O)CNC(=O)COc3ccccc3C)o2)c(Br)c1. The summed E-state index contributed by atoms with van der Waals surface area (Å²) in [6, 6.07) is 16.9. The second-order valence-corrected chi connectivity index (χ2v) is 7.66. The first-order valence-corrected chi connectivity index (χ1v) is 10.3. The Labute approximate surface area is 188 Å². The largest absolute Gasteiger partial charge is 0.484 e. The molecule has 0 unspecified atom stereocenters. The summed E-state index contributed by atoms with van der Waals surface area (Å²) in [6.45, 7) is 3.51. The number of ether oxygens (including phenoxy) is 1. The Balaban J connectivity index is 1.43. The van der Waals surface area contributed by atoms with Crippen molar-refractivity contribution in [2.75, 3.05) is 13.2 Å². The molecule has 0 spiro atoms. The Hall–Kier alpha value is -3.39. The number of nitrogens with one attached hydrogen (secondary N) is 2. The van der Waals surface area contributed by atoms with Crippen LogP contribution in [0.15, 0.2) is 68.6 Å². The zero-order valence-electron chi connectivity index (χ0n) is 17.1. The van der Waals surface area contributed by atoms with E-state index in [0.717, 1.165) is 21.2 Å². The minimum absolute atomic E-state index is 0.175. The molecule has 0 aliphatic heterocycles. The molecule has 2 amide bonds. The van der Waals surface area contributed by atoms with E-state index in [2.05, 4.69) is 31.8 Å². The Morgan fingerprint density at radius 1 is 1.10 bits per heavy atom. The van der Waals surface area contributed by atoms with Gasteiger partial charge >= 0.3 is 0 Å². The molecule has 0 saturated heterocycles. The van der Waals surface area contributed by atoms with Crippen LogP contribution in [0.1, 0.15) is 16.9 Å². The molecule has 2 N–H and O–H groups in total. The van der Waals surface area contributed by atoms with Gasteiger partial charge in [0.15, 0.2) is 6.61 Å². The normalized spacial score (nSPS) is 10.8. The van der Waals surface area contributed by atoms with Gasteiger partial charge in [0.05, 0.1) is 12.8 Å². The molecule has 0 bridgehead atoms. The van der Waals surface area contributed by atoms with Crippen LogP contribution in [0.3, 0.4) is 0 Å². The van der Waals surface area contributed by atoms with Gasteiger partial charge in [-0.25, -0.2) is 5.43 Å². The molecule has 0 aliphatic rings. The highest BCUT2D eigenvalue weighted by Gasteiger charge is 2.09. The fourth-order valence-corrected chi connectivity index (χ4v) is 3.37. The van der Waals surface area contributed by atoms with Crippen LogP contribution in [0.5, 0.6) is 5.75 Å². The number of carbonyl (C=O) groups excluding carboxylic acids is 2. The van der Waals surface area contributed by atoms with Gasteiger partial charge < -0.3 is 14.5 Å². The number of hydrogen-bond donors (Lipinski definition) is 2. The van der Waals surface area contributed by atoms with E-state index < -0.39 is 11.8 Å². The van der Waals surface area contributed by atoms with Crippen LogP contribution in [0.25, 0.3) is 11.3 Å². The summed E-state index contributed by atoms with van der Waals surface area (Å²) >= 11 is 3.53. The number of amides is 2. The molecule has 160 valence electrons. The lowest BCUT2D eigenvalue weighted by molar-refractivity contribution is -0.127. The summed E-state index contributed by atoms with van der Waals surface area (Å²) in [4.78, 5) is 23.7. The highest BCUT2D eigenvalue weighted by Crippen LogP contribution is 2.30. The molecular formula is C23H22BrN3O4. The first kappa shape index (κ1) is 22.3. The second kappa shape index (κ2) is 10.6. The van der Waals surface area contributed by atoms with Crippen molar-refractivity contribution in [1.29, 1.82) is 0 Å². The average Bonchev–Trinajstić information content (AvgIpc) is 3.20. The fraction of sp³-hybridized carbons (Fsp3) is 0.174. The zero-order valence-corrected chi connectivity index (χ0v) is 18.7. The number of para-hydroxylation sites is 1. The van der Waals surface area contributed by atoms with Gasteiger partial charge in [0, 0.05) is 10.0 Å². The van der Waals surface area contributed by atoms with Crippen LogP contribution in [0.4, 0.5) is 0 Å². The quantitative estimate of drug-likeness (QED) is 0.374. The molecular weight excluding hydrogens is 462 g/mol. The maximum Gasteiger partial charge on any atom is 0.259 e. The van der Waals surface area contributed by atoms with Gasteiger partial charge in [-0.3, -0.25) is 9.59 Å². The highest BCUT2D eigenvalue weighted by molar-refractivity contribution is 9.10. The van der Waals surface area contributed by atoms with Crippen LogP contribution in [0, 0.1) is 13.8 Å². The van der Waals surface area contributed by atoms with Crippen molar-refractivity contribution in [3.8, 4) is 17.1 Å². The lowest BCUT2D eigenvalue weighted by Crippen LogP contribution is -2.37. The minimum Gasteiger partial charge on any atom is -0.484 e. The predicted octanol–water partition coefficient (Wildman–Crippen LogP) is 3.97. The van der Waals surface area contributed by atoms with E-state index in [0.29, 0.717) is 17.3 Å². The summed E-state index contributed by atoms with van der Waals surface area (Å²) in [5.41, 5.74) is 5.33. The van der Waals surface area contributed by atoms with E-state index >= 15 is 0 Å². The number of rotatable bonds is 8. The standard InChI is InChI=1S/C23H22BrN3O4/c1-15-7-9-18(19(24)11-15)21-10-8-17(31-21)12-26-27-22(28)13-25-23(29)14-30-20-6-4-3-5-16(20)2/h3-12H,13-14H2,1-2H3,(H,25,29)(H,27,28)/b26-12-. The number of hydrogen-bond acceptors (Lipinski definition) is 5. The van der Waals surface area contributed by atoms with Gasteiger partial charge in [-0.05, 0) is 55.3 Å². The number of aryl methyl sites for hydroxylation is 2. The van der Waals surface area contributed by atoms with Crippen LogP contribution in [-0.2, 0) is 9.59 Å². The van der Waals surface area contributed by atoms with Crippen molar-refractivity contribution >= 4 is 34.0 Å². The number of hydrazone groups is 1. The second-order valence-electron chi connectivity index (χ2n) is 6.81. The molecule has 3 aromatic rings. The molecule has 0 aliphatic carbocycles. The smallest absolute Gasteiger partial charge is 0.259 e. The number of benzene rings is 2. The van der Waals surface area contributed by atoms with Crippen LogP contribution >= 0.6 is 15.9 Å². The van der Waals surface area contributed by atoms with Gasteiger partial charge in [-0.15, -0.1) is 0 Å². The van der Waals surface area contributed by atoms with E-state index in [4.69, 9.17) is 9.15 Å². The topological polar surface area (TPSA) is 92.9 Å². The molecule has 0 saturated carbocycles. The Morgan fingerprint density at radius 2 is 1.90 bits per heavy atom. The molecule has 0 atom stereocenters. The molecule has 3 rings (SSSR count). The van der Waals surface area contributed by atoms with Crippen LogP contribution in [0.2, 0.25) is 0 Å². The van der Waals surface area contributed by atoms with Crippen molar-refractivity contribution < 1.29 is 18.7 Å². The Morgan fingerprint density at radius 3 is 2.68 bits per heavy atom. The minimum atomic E-state index is -0.464. The van der Waals surface area contributed by atoms with E-state index in [1.165, 1.54) is 6.21 Å². The lowest BCUT2D eigenvalue weighted by atomic mass is 10.1. The van der Waals surface area contributed by atoms with Crippen molar-refractivity contribution in [3.63, 3.8) is 0 Å². The molecule has 2 aromatic carbocycles. The van der Waals surface area contributed by atoms with E-state index in [1.54, 1.807) is 12.1 Å². The Kier molecular flexibility index (Phi) is 7.61.